The number of hydrogen-bond donors (Lipinski definition) is 0. The van der Waals surface area contributed by atoms with Gasteiger partial charge in [-0.2, -0.15) is 0 Å². The second-order valence-corrected chi connectivity index (χ2v) is 5.61. The molecule has 6 heteroatoms. The fourth-order valence-corrected chi connectivity index (χ4v) is 2.41. The maximum atomic E-state index is 8.49. The molecule has 0 atom stereocenters. The average molecular weight is 289 g/mol. The lowest BCUT2D eigenvalue weighted by Gasteiger charge is -2.17. The minimum Gasteiger partial charge on any atom is -0.222 e. The summed E-state index contributed by atoms with van der Waals surface area (Å²) in [6.45, 7) is 4.49. The molecule has 0 spiro atoms. The van der Waals surface area contributed by atoms with Crippen molar-refractivity contribution in [2.24, 2.45) is 0 Å². The van der Waals surface area contributed by atoms with Crippen LogP contribution in [0.2, 0.25) is 0 Å². The standard InChI is InChI=1S/C12H13S.ClHO4/c1-9(2)10-7-8-13-12-6-4-3-5-11(10)12;2-1(3,4)5/h3-9H,1-2H3;(H,2,3,4,5)/q+1;/p-1. The molecule has 2 rings (SSSR count). The second kappa shape index (κ2) is 6.38. The van der Waals surface area contributed by atoms with Crippen LogP contribution >= 0.6 is 11.3 Å². The number of rotatable bonds is 1. The van der Waals surface area contributed by atoms with Crippen molar-refractivity contribution in [1.82, 2.24) is 0 Å². The van der Waals surface area contributed by atoms with Crippen molar-refractivity contribution in [2.75, 3.05) is 0 Å². The summed E-state index contributed by atoms with van der Waals surface area (Å²) < 4.78 is 35.4. The monoisotopic (exact) mass is 288 g/mol. The normalized spacial score (nSPS) is 11.3. The highest BCUT2D eigenvalue weighted by Crippen LogP contribution is 2.27. The third kappa shape index (κ3) is 5.22. The molecule has 0 aliphatic heterocycles. The molecule has 4 nitrogen and oxygen atoms in total. The molecule has 98 valence electrons. The predicted octanol–water partition coefficient (Wildman–Crippen LogP) is -0.450. The molecule has 0 amide bonds. The summed E-state index contributed by atoms with van der Waals surface area (Å²) in [4.78, 5) is 0. The second-order valence-electron chi connectivity index (χ2n) is 3.90. The number of fused-ring (bicyclic) bond motifs is 1. The van der Waals surface area contributed by atoms with Crippen molar-refractivity contribution in [3.8, 4) is 0 Å². The van der Waals surface area contributed by atoms with Gasteiger partial charge in [0.05, 0.1) is 0 Å². The predicted molar refractivity (Wildman–Crippen MR) is 60.3 cm³/mol. The van der Waals surface area contributed by atoms with E-state index < -0.39 is 10.2 Å². The van der Waals surface area contributed by atoms with Crippen LogP contribution in [0.25, 0.3) is 10.1 Å². The van der Waals surface area contributed by atoms with E-state index in [2.05, 4.69) is 49.6 Å². The molecule has 0 unspecified atom stereocenters. The fourth-order valence-electron chi connectivity index (χ4n) is 1.58. The van der Waals surface area contributed by atoms with Gasteiger partial charge in [0.15, 0.2) is 5.38 Å². The van der Waals surface area contributed by atoms with Gasteiger partial charge in [0, 0.05) is 11.5 Å². The highest BCUT2D eigenvalue weighted by molar-refractivity contribution is 7.16. The summed E-state index contributed by atoms with van der Waals surface area (Å²) in [7, 11) is -4.94. The third-order valence-corrected chi connectivity index (χ3v) is 3.14. The van der Waals surface area contributed by atoms with E-state index in [0.717, 1.165) is 0 Å². The van der Waals surface area contributed by atoms with Crippen LogP contribution in [0.1, 0.15) is 25.3 Å². The maximum Gasteiger partial charge on any atom is 0.238 e. The molecular formula is C12H13ClO4S. The van der Waals surface area contributed by atoms with Crippen LogP contribution in [0.4, 0.5) is 0 Å². The third-order valence-electron chi connectivity index (χ3n) is 2.26. The highest BCUT2D eigenvalue weighted by Gasteiger charge is 2.09. The van der Waals surface area contributed by atoms with Gasteiger partial charge in [0.1, 0.15) is 0 Å². The van der Waals surface area contributed by atoms with Crippen LogP contribution in [-0.4, -0.2) is 0 Å². The zero-order valence-corrected chi connectivity index (χ0v) is 11.5. The molecule has 0 fully saturated rings. The van der Waals surface area contributed by atoms with E-state index in [0.29, 0.717) is 5.92 Å². The first-order valence-electron chi connectivity index (χ1n) is 5.20. The summed E-state index contributed by atoms with van der Waals surface area (Å²) >= 11 is 1.81. The number of benzene rings is 1. The zero-order valence-electron chi connectivity index (χ0n) is 9.96. The Morgan fingerprint density at radius 3 is 2.11 bits per heavy atom. The van der Waals surface area contributed by atoms with Gasteiger partial charge in [-0.25, -0.2) is 18.6 Å². The Morgan fingerprint density at radius 1 is 1.00 bits per heavy atom. The lowest BCUT2D eigenvalue weighted by Crippen LogP contribution is -2.68. The summed E-state index contributed by atoms with van der Waals surface area (Å²) in [6, 6.07) is 10.8. The Morgan fingerprint density at radius 2 is 1.56 bits per heavy atom. The number of halogens is 1. The lowest BCUT2D eigenvalue weighted by molar-refractivity contribution is -2.00. The van der Waals surface area contributed by atoms with E-state index in [9.17, 15) is 0 Å². The van der Waals surface area contributed by atoms with Crippen LogP contribution in [0.15, 0.2) is 35.7 Å². The van der Waals surface area contributed by atoms with Gasteiger partial charge in [0.25, 0.3) is 0 Å². The van der Waals surface area contributed by atoms with E-state index in [1.165, 1.54) is 15.6 Å². The van der Waals surface area contributed by atoms with Crippen LogP contribution < -0.4 is 18.6 Å². The van der Waals surface area contributed by atoms with Gasteiger partial charge >= 0.3 is 0 Å². The van der Waals surface area contributed by atoms with Crippen molar-refractivity contribution in [3.05, 3.63) is 41.3 Å². The van der Waals surface area contributed by atoms with E-state index in [-0.39, 0.29) is 0 Å². The summed E-state index contributed by atoms with van der Waals surface area (Å²) in [6.07, 6.45) is 0. The lowest BCUT2D eigenvalue weighted by atomic mass is 10.0. The molecule has 0 aliphatic rings. The Labute approximate surface area is 112 Å². The van der Waals surface area contributed by atoms with Gasteiger partial charge in [0.2, 0.25) is 16.0 Å². The average Bonchev–Trinajstić information content (AvgIpc) is 2.26. The van der Waals surface area contributed by atoms with E-state index in [4.69, 9.17) is 18.6 Å². The first kappa shape index (κ1) is 15.2. The van der Waals surface area contributed by atoms with Crippen LogP contribution in [-0.2, 0) is 0 Å². The first-order valence-corrected chi connectivity index (χ1v) is 7.31. The summed E-state index contributed by atoms with van der Waals surface area (Å²) in [5.74, 6) is 0.610. The minimum absolute atomic E-state index is 0.610. The van der Waals surface area contributed by atoms with Crippen molar-refractivity contribution < 1.29 is 28.9 Å². The molecule has 0 radical (unpaired) electrons. The molecule has 0 bridgehead atoms. The maximum absolute atomic E-state index is 8.49. The van der Waals surface area contributed by atoms with Crippen molar-refractivity contribution in [3.63, 3.8) is 0 Å². The Balaban J connectivity index is 0.000000280. The fraction of sp³-hybridized carbons (Fsp3) is 0.250. The minimum atomic E-state index is -4.94. The highest BCUT2D eigenvalue weighted by atomic mass is 35.7. The molecular weight excluding hydrogens is 276 g/mol. The van der Waals surface area contributed by atoms with E-state index in [1.54, 1.807) is 0 Å². The molecule has 2 aromatic rings. The van der Waals surface area contributed by atoms with Crippen molar-refractivity contribution in [1.29, 1.82) is 0 Å². The Kier molecular flexibility index (Phi) is 5.40. The van der Waals surface area contributed by atoms with Gasteiger partial charge in [-0.05, 0) is 23.6 Å². The first-order chi connectivity index (χ1) is 8.29. The van der Waals surface area contributed by atoms with Gasteiger partial charge < -0.3 is 0 Å². The molecule has 0 aliphatic carbocycles. The molecule has 0 saturated carbocycles. The molecule has 1 heterocycles. The van der Waals surface area contributed by atoms with Gasteiger partial charge in [-0.15, -0.1) is 10.2 Å². The Hall–Kier alpha value is -0.820. The molecule has 0 saturated heterocycles. The van der Waals surface area contributed by atoms with Gasteiger partial charge in [-0.3, -0.25) is 0 Å². The van der Waals surface area contributed by atoms with Crippen LogP contribution in [0, 0.1) is 10.2 Å². The number of hydrogen-bond acceptors (Lipinski definition) is 4. The quantitative estimate of drug-likeness (QED) is 0.664. The topological polar surface area (TPSA) is 92.2 Å². The summed E-state index contributed by atoms with van der Waals surface area (Å²) in [5, 5.41) is 3.59. The SMILES string of the molecule is CC(C)c1cc[s+]c2ccccc12.[O-][Cl+3]([O-])([O-])[O-]. The molecule has 1 aromatic carbocycles. The largest absolute Gasteiger partial charge is 0.238 e. The van der Waals surface area contributed by atoms with E-state index >= 15 is 0 Å². The van der Waals surface area contributed by atoms with E-state index in [1.807, 2.05) is 11.3 Å². The molecule has 18 heavy (non-hydrogen) atoms. The smallest absolute Gasteiger partial charge is 0.222 e. The molecule has 0 N–H and O–H groups in total. The van der Waals surface area contributed by atoms with Gasteiger partial charge in [-0.1, -0.05) is 26.0 Å². The molecule has 1 aromatic heterocycles. The Bertz CT molecular complexity index is 499. The van der Waals surface area contributed by atoms with Crippen molar-refractivity contribution >= 4 is 21.4 Å². The zero-order chi connectivity index (χ0) is 13.8. The van der Waals surface area contributed by atoms with Crippen LogP contribution in [0.3, 0.4) is 0 Å². The van der Waals surface area contributed by atoms with Crippen LogP contribution in [0.5, 0.6) is 0 Å². The van der Waals surface area contributed by atoms with Crippen molar-refractivity contribution in [2.45, 2.75) is 19.8 Å². The summed E-state index contributed by atoms with van der Waals surface area (Å²) in [5.41, 5.74) is 1.45.